The Bertz CT molecular complexity index is 1200. The number of nitro benzene ring substituents is 2. The van der Waals surface area contributed by atoms with Crippen LogP contribution in [0.5, 0.6) is 0 Å². The standard InChI is InChI=1S/C23H22N4O7/c1-14-9-10-18-19(11-14)23(30)25(22(18)29)24(13-16-5-2-3-8-20(16)27(33)34)21(28)15-6-4-7-17(12-15)26(31)32/h2-8,12,14,18-19H,9-11,13H2,1H3/t14-,18+,19-/m1/s1. The number of carbonyl (C=O) groups is 3. The van der Waals surface area contributed by atoms with Crippen molar-refractivity contribution in [2.45, 2.75) is 32.7 Å². The zero-order valence-electron chi connectivity index (χ0n) is 18.3. The van der Waals surface area contributed by atoms with Crippen LogP contribution in [0, 0.1) is 38.0 Å². The van der Waals surface area contributed by atoms with Crippen molar-refractivity contribution in [1.82, 2.24) is 10.0 Å². The van der Waals surface area contributed by atoms with E-state index in [9.17, 15) is 34.6 Å². The molecule has 0 N–H and O–H groups in total. The number of non-ortho nitro benzene ring substituents is 1. The Morgan fingerprint density at radius 2 is 1.71 bits per heavy atom. The number of hydrazine groups is 1. The lowest BCUT2D eigenvalue weighted by atomic mass is 9.76. The average Bonchev–Trinajstić information content (AvgIpc) is 3.06. The molecule has 0 radical (unpaired) electrons. The van der Waals surface area contributed by atoms with E-state index >= 15 is 0 Å². The van der Waals surface area contributed by atoms with Gasteiger partial charge in [0.05, 0.1) is 33.8 Å². The van der Waals surface area contributed by atoms with Gasteiger partial charge in [0.1, 0.15) is 0 Å². The Hall–Kier alpha value is -4.15. The summed E-state index contributed by atoms with van der Waals surface area (Å²) in [7, 11) is 0. The zero-order valence-corrected chi connectivity index (χ0v) is 18.3. The fraction of sp³-hybridized carbons (Fsp3) is 0.348. The van der Waals surface area contributed by atoms with E-state index in [0.717, 1.165) is 22.5 Å². The summed E-state index contributed by atoms with van der Waals surface area (Å²) < 4.78 is 0. The molecule has 3 amide bonds. The Morgan fingerprint density at radius 3 is 2.41 bits per heavy atom. The van der Waals surface area contributed by atoms with Gasteiger partial charge < -0.3 is 0 Å². The van der Waals surface area contributed by atoms with Crippen LogP contribution in [0.25, 0.3) is 0 Å². The van der Waals surface area contributed by atoms with E-state index in [4.69, 9.17) is 0 Å². The van der Waals surface area contributed by atoms with Crippen molar-refractivity contribution in [2.24, 2.45) is 17.8 Å². The largest absolute Gasteiger partial charge is 0.274 e. The summed E-state index contributed by atoms with van der Waals surface area (Å²) in [6.45, 7) is 1.57. The SMILES string of the molecule is C[C@@H]1CC[C@@H]2C(=O)N(N(Cc3ccccc3[N+](=O)[O-])C(=O)c3cccc([N+](=O)[O-])c3)C(=O)[C@@H]2C1. The molecule has 11 nitrogen and oxygen atoms in total. The summed E-state index contributed by atoms with van der Waals surface area (Å²) in [6, 6.07) is 10.6. The van der Waals surface area contributed by atoms with Gasteiger partial charge in [-0.3, -0.25) is 34.6 Å². The van der Waals surface area contributed by atoms with Gasteiger partial charge in [-0.05, 0) is 31.2 Å². The van der Waals surface area contributed by atoms with Gasteiger partial charge in [0.15, 0.2) is 0 Å². The van der Waals surface area contributed by atoms with E-state index in [2.05, 4.69) is 0 Å². The molecule has 1 heterocycles. The van der Waals surface area contributed by atoms with Crippen molar-refractivity contribution in [3.63, 3.8) is 0 Å². The highest BCUT2D eigenvalue weighted by Gasteiger charge is 2.52. The molecule has 2 aromatic carbocycles. The van der Waals surface area contributed by atoms with Crippen LogP contribution in [-0.4, -0.2) is 37.6 Å². The van der Waals surface area contributed by atoms with Crippen molar-refractivity contribution in [2.75, 3.05) is 0 Å². The molecule has 1 saturated heterocycles. The second-order valence-electron chi connectivity index (χ2n) is 8.68. The number of fused-ring (bicyclic) bond motifs is 1. The normalized spacial score (nSPS) is 21.8. The Morgan fingerprint density at radius 1 is 1.00 bits per heavy atom. The molecule has 1 aliphatic carbocycles. The van der Waals surface area contributed by atoms with Crippen LogP contribution < -0.4 is 0 Å². The molecule has 0 bridgehead atoms. The highest BCUT2D eigenvalue weighted by molar-refractivity contribution is 6.07. The molecule has 4 rings (SSSR count). The topological polar surface area (TPSA) is 144 Å². The maximum atomic E-state index is 13.5. The lowest BCUT2D eigenvalue weighted by molar-refractivity contribution is -0.385. The van der Waals surface area contributed by atoms with Crippen LogP contribution >= 0.6 is 0 Å². The van der Waals surface area contributed by atoms with Gasteiger partial charge in [-0.15, -0.1) is 0 Å². The predicted molar refractivity (Wildman–Crippen MR) is 118 cm³/mol. The quantitative estimate of drug-likeness (QED) is 0.360. The predicted octanol–water partition coefficient (Wildman–Crippen LogP) is 3.48. The minimum Gasteiger partial charge on any atom is -0.272 e. The molecule has 0 unspecified atom stereocenters. The first-order valence-corrected chi connectivity index (χ1v) is 10.9. The van der Waals surface area contributed by atoms with Crippen LogP contribution in [-0.2, 0) is 16.1 Å². The van der Waals surface area contributed by atoms with E-state index in [1.54, 1.807) is 6.07 Å². The smallest absolute Gasteiger partial charge is 0.272 e. The van der Waals surface area contributed by atoms with Crippen molar-refractivity contribution < 1.29 is 24.2 Å². The fourth-order valence-electron chi connectivity index (χ4n) is 4.73. The van der Waals surface area contributed by atoms with Gasteiger partial charge in [-0.1, -0.05) is 31.2 Å². The Labute approximate surface area is 194 Å². The highest BCUT2D eigenvalue weighted by atomic mass is 16.6. The summed E-state index contributed by atoms with van der Waals surface area (Å²) in [5, 5.41) is 24.4. The molecule has 2 aromatic rings. The number of nitrogens with zero attached hydrogens (tertiary/aromatic N) is 4. The number of rotatable bonds is 6. The second kappa shape index (κ2) is 9.00. The number of imide groups is 1. The van der Waals surface area contributed by atoms with Crippen LogP contribution in [0.15, 0.2) is 48.5 Å². The van der Waals surface area contributed by atoms with E-state index < -0.39 is 45.9 Å². The molecule has 34 heavy (non-hydrogen) atoms. The van der Waals surface area contributed by atoms with E-state index in [1.165, 1.54) is 36.4 Å². The molecule has 176 valence electrons. The second-order valence-corrected chi connectivity index (χ2v) is 8.68. The maximum Gasteiger partial charge on any atom is 0.274 e. The number of hydrogen-bond acceptors (Lipinski definition) is 7. The molecule has 0 aromatic heterocycles. The van der Waals surface area contributed by atoms with E-state index in [1.807, 2.05) is 6.92 Å². The van der Waals surface area contributed by atoms with Gasteiger partial charge in [0, 0.05) is 23.8 Å². The van der Waals surface area contributed by atoms with Crippen molar-refractivity contribution in [1.29, 1.82) is 0 Å². The van der Waals surface area contributed by atoms with Crippen molar-refractivity contribution in [3.05, 3.63) is 79.9 Å². The fourth-order valence-corrected chi connectivity index (χ4v) is 4.73. The maximum absolute atomic E-state index is 13.5. The monoisotopic (exact) mass is 466 g/mol. The minimum absolute atomic E-state index is 0.114. The molecule has 3 atom stereocenters. The summed E-state index contributed by atoms with van der Waals surface area (Å²) in [4.78, 5) is 61.6. The van der Waals surface area contributed by atoms with Gasteiger partial charge in [-0.2, -0.15) is 5.01 Å². The third kappa shape index (κ3) is 4.12. The first-order chi connectivity index (χ1) is 16.2. The first kappa shape index (κ1) is 23.0. The third-order valence-corrected chi connectivity index (χ3v) is 6.45. The lowest BCUT2D eigenvalue weighted by Crippen LogP contribution is -2.49. The number of carbonyl (C=O) groups excluding carboxylic acids is 3. The van der Waals surface area contributed by atoms with Gasteiger partial charge >= 0.3 is 0 Å². The molecule has 1 saturated carbocycles. The van der Waals surface area contributed by atoms with E-state index in [0.29, 0.717) is 12.8 Å². The molecule has 11 heteroatoms. The number of nitro groups is 2. The Kier molecular flexibility index (Phi) is 6.10. The summed E-state index contributed by atoms with van der Waals surface area (Å²) in [5.41, 5.74) is -0.603. The summed E-state index contributed by atoms with van der Waals surface area (Å²) >= 11 is 0. The molecule has 1 aliphatic heterocycles. The van der Waals surface area contributed by atoms with Crippen molar-refractivity contribution >= 4 is 29.1 Å². The zero-order chi connectivity index (χ0) is 24.6. The number of benzene rings is 2. The molecular formula is C23H22N4O7. The van der Waals surface area contributed by atoms with Crippen LogP contribution in [0.1, 0.15) is 42.1 Å². The summed E-state index contributed by atoms with van der Waals surface area (Å²) in [6.07, 6.45) is 1.80. The molecular weight excluding hydrogens is 444 g/mol. The van der Waals surface area contributed by atoms with Crippen molar-refractivity contribution in [3.8, 4) is 0 Å². The highest BCUT2D eigenvalue weighted by Crippen LogP contribution is 2.41. The molecule has 2 fully saturated rings. The number of para-hydroxylation sites is 1. The van der Waals surface area contributed by atoms with Gasteiger partial charge in [-0.25, -0.2) is 5.01 Å². The van der Waals surface area contributed by atoms with Crippen LogP contribution in [0.4, 0.5) is 11.4 Å². The Balaban J connectivity index is 1.77. The minimum atomic E-state index is -0.838. The van der Waals surface area contributed by atoms with Crippen LogP contribution in [0.2, 0.25) is 0 Å². The number of hydrogen-bond donors (Lipinski definition) is 0. The first-order valence-electron chi connectivity index (χ1n) is 10.9. The number of amides is 3. The lowest BCUT2D eigenvalue weighted by Gasteiger charge is -2.30. The van der Waals surface area contributed by atoms with E-state index in [-0.39, 0.29) is 28.4 Å². The van der Waals surface area contributed by atoms with Gasteiger partial charge in [0.2, 0.25) is 0 Å². The molecule has 0 spiro atoms. The average molecular weight is 466 g/mol. The van der Waals surface area contributed by atoms with Crippen LogP contribution in [0.3, 0.4) is 0 Å². The molecule has 2 aliphatic rings. The summed E-state index contributed by atoms with van der Waals surface area (Å²) in [5.74, 6) is -2.78. The third-order valence-electron chi connectivity index (χ3n) is 6.45. The van der Waals surface area contributed by atoms with Gasteiger partial charge in [0.25, 0.3) is 29.1 Å².